The molecule has 0 radical (unpaired) electrons. The molecule has 2 heteroatoms. The largest absolute Gasteiger partial charge is 0.303 e. The Kier molecular flexibility index (Phi) is 1.74. The molecule has 5 aliphatic carbocycles. The number of hydrogen-bond acceptors (Lipinski definition) is 2. The van der Waals surface area contributed by atoms with Gasteiger partial charge in [0.1, 0.15) is 12.6 Å². The Morgan fingerprint density at radius 1 is 0.667 bits per heavy atom. The normalized spacial score (nSPS) is 65.1. The van der Waals surface area contributed by atoms with Gasteiger partial charge in [-0.15, -0.1) is 0 Å². The van der Waals surface area contributed by atoms with Crippen LogP contribution in [0.4, 0.5) is 0 Å². The van der Waals surface area contributed by atoms with E-state index in [-0.39, 0.29) is 0 Å². The van der Waals surface area contributed by atoms with Gasteiger partial charge in [-0.1, -0.05) is 0 Å². The Hall–Kier alpha value is -0.660. The third-order valence-corrected chi connectivity index (χ3v) is 7.78. The molecule has 0 aromatic heterocycles. The van der Waals surface area contributed by atoms with Gasteiger partial charge in [0.15, 0.2) is 0 Å². The van der Waals surface area contributed by atoms with Crippen molar-refractivity contribution in [3.63, 3.8) is 0 Å². The van der Waals surface area contributed by atoms with Crippen molar-refractivity contribution in [2.24, 2.45) is 59.2 Å². The quantitative estimate of drug-likeness (QED) is 0.710. The summed E-state index contributed by atoms with van der Waals surface area (Å²) in [5, 5.41) is 0. The molecule has 0 aliphatic heterocycles. The Bertz CT molecular complexity index is 355. The smallest absolute Gasteiger partial charge is 0.120 e. The van der Waals surface area contributed by atoms with Crippen LogP contribution in [0.1, 0.15) is 25.7 Å². The molecule has 5 aliphatic rings. The highest BCUT2D eigenvalue weighted by Crippen LogP contribution is 2.82. The molecule has 5 saturated carbocycles. The minimum absolute atomic E-state index is 0.720. The maximum atomic E-state index is 11.0. The summed E-state index contributed by atoms with van der Waals surface area (Å²) in [6.07, 6.45) is 6.69. The topological polar surface area (TPSA) is 34.1 Å². The van der Waals surface area contributed by atoms with Gasteiger partial charge in [0.05, 0.1) is 0 Å². The van der Waals surface area contributed by atoms with Crippen LogP contribution in [0.5, 0.6) is 0 Å². The predicted molar refractivity (Wildman–Crippen MR) is 65.5 cm³/mol. The van der Waals surface area contributed by atoms with Crippen LogP contribution >= 0.6 is 0 Å². The molecule has 5 rings (SSSR count). The fraction of sp³-hybridized carbons (Fsp3) is 0.875. The van der Waals surface area contributed by atoms with E-state index in [2.05, 4.69) is 0 Å². The number of hydrogen-bond donors (Lipinski definition) is 0. The van der Waals surface area contributed by atoms with Crippen LogP contribution in [0.25, 0.3) is 0 Å². The first-order valence-electron chi connectivity index (χ1n) is 7.74. The molecule has 0 heterocycles. The SMILES string of the molecule is O=CCC1[C@@H]2C[C@H]3C4C2C2C4[C@H](C[C@@H]21)C3CC=O. The number of aldehydes is 2. The van der Waals surface area contributed by atoms with E-state index >= 15 is 0 Å². The fourth-order valence-electron chi connectivity index (χ4n) is 7.82. The van der Waals surface area contributed by atoms with Crippen molar-refractivity contribution in [1.82, 2.24) is 0 Å². The average molecular weight is 244 g/mol. The molecule has 0 aromatic carbocycles. The third kappa shape index (κ3) is 0.838. The van der Waals surface area contributed by atoms with Gasteiger partial charge in [-0.05, 0) is 72.0 Å². The number of carbonyl (C=O) groups excluding carboxylic acids is 2. The number of carbonyl (C=O) groups is 2. The second-order valence-electron chi connectivity index (χ2n) is 7.57. The molecular formula is C16H20O2. The van der Waals surface area contributed by atoms with Crippen LogP contribution in [0.3, 0.4) is 0 Å². The number of rotatable bonds is 4. The Labute approximate surface area is 108 Å². The Morgan fingerprint density at radius 2 is 1.00 bits per heavy atom. The van der Waals surface area contributed by atoms with E-state index in [1.807, 2.05) is 0 Å². The molecule has 10 atom stereocenters. The highest BCUT2D eigenvalue weighted by molar-refractivity contribution is 5.52. The second-order valence-corrected chi connectivity index (χ2v) is 7.57. The van der Waals surface area contributed by atoms with Crippen LogP contribution in [-0.4, -0.2) is 12.6 Å². The van der Waals surface area contributed by atoms with E-state index in [1.54, 1.807) is 0 Å². The highest BCUT2D eigenvalue weighted by Gasteiger charge is 2.78. The minimum atomic E-state index is 0.720. The van der Waals surface area contributed by atoms with Gasteiger partial charge in [-0.25, -0.2) is 0 Å². The van der Waals surface area contributed by atoms with Gasteiger partial charge in [0.2, 0.25) is 0 Å². The summed E-state index contributed by atoms with van der Waals surface area (Å²) >= 11 is 0. The van der Waals surface area contributed by atoms with Crippen molar-refractivity contribution >= 4 is 12.6 Å². The average Bonchev–Trinajstić information content (AvgIpc) is 2.92. The summed E-state index contributed by atoms with van der Waals surface area (Å²) in [4.78, 5) is 21.9. The first-order valence-corrected chi connectivity index (χ1v) is 7.74. The molecule has 0 bridgehead atoms. The van der Waals surface area contributed by atoms with E-state index in [9.17, 15) is 9.59 Å². The maximum absolute atomic E-state index is 11.0. The molecule has 96 valence electrons. The van der Waals surface area contributed by atoms with Crippen LogP contribution in [0.2, 0.25) is 0 Å². The highest BCUT2D eigenvalue weighted by atomic mass is 16.1. The van der Waals surface area contributed by atoms with E-state index in [0.717, 1.165) is 72.0 Å². The monoisotopic (exact) mass is 244 g/mol. The summed E-state index contributed by atoms with van der Waals surface area (Å²) < 4.78 is 0. The first-order chi connectivity index (χ1) is 8.86. The van der Waals surface area contributed by atoms with E-state index in [0.29, 0.717) is 0 Å². The lowest BCUT2D eigenvalue weighted by atomic mass is 9.60. The summed E-state index contributed by atoms with van der Waals surface area (Å²) in [6.45, 7) is 0. The first kappa shape index (κ1) is 10.2. The van der Waals surface area contributed by atoms with Crippen molar-refractivity contribution in [3.8, 4) is 0 Å². The molecule has 0 spiro atoms. The van der Waals surface area contributed by atoms with Crippen LogP contribution in [0.15, 0.2) is 0 Å². The zero-order valence-corrected chi connectivity index (χ0v) is 10.6. The Morgan fingerprint density at radius 3 is 1.28 bits per heavy atom. The molecule has 5 fully saturated rings. The molecular weight excluding hydrogens is 224 g/mol. The molecule has 2 nitrogen and oxygen atoms in total. The third-order valence-electron chi connectivity index (χ3n) is 7.78. The van der Waals surface area contributed by atoms with Crippen molar-refractivity contribution in [3.05, 3.63) is 0 Å². The zero-order chi connectivity index (χ0) is 12.0. The molecule has 0 aromatic rings. The molecule has 0 N–H and O–H groups in total. The second kappa shape index (κ2) is 3.08. The van der Waals surface area contributed by atoms with Crippen LogP contribution in [0, 0.1) is 59.2 Å². The summed E-state index contributed by atoms with van der Waals surface area (Å²) in [5.74, 6) is 8.73. The lowest BCUT2D eigenvalue weighted by molar-refractivity contribution is -0.109. The Balaban J connectivity index is 1.56. The lowest BCUT2D eigenvalue weighted by Gasteiger charge is -2.44. The van der Waals surface area contributed by atoms with Crippen LogP contribution in [-0.2, 0) is 9.59 Å². The predicted octanol–water partition coefficient (Wildman–Crippen LogP) is 2.17. The van der Waals surface area contributed by atoms with Gasteiger partial charge in [-0.3, -0.25) is 0 Å². The molecule has 0 amide bonds. The van der Waals surface area contributed by atoms with Crippen LogP contribution < -0.4 is 0 Å². The minimum Gasteiger partial charge on any atom is -0.303 e. The van der Waals surface area contributed by atoms with Gasteiger partial charge in [-0.2, -0.15) is 0 Å². The van der Waals surface area contributed by atoms with Gasteiger partial charge < -0.3 is 9.59 Å². The van der Waals surface area contributed by atoms with Crippen molar-refractivity contribution in [1.29, 1.82) is 0 Å². The summed E-state index contributed by atoms with van der Waals surface area (Å²) in [6, 6.07) is 0. The van der Waals surface area contributed by atoms with Gasteiger partial charge in [0, 0.05) is 12.8 Å². The summed E-state index contributed by atoms with van der Waals surface area (Å²) in [7, 11) is 0. The zero-order valence-electron chi connectivity index (χ0n) is 10.6. The van der Waals surface area contributed by atoms with Gasteiger partial charge >= 0.3 is 0 Å². The lowest BCUT2D eigenvalue weighted by Crippen LogP contribution is -2.41. The van der Waals surface area contributed by atoms with E-state index < -0.39 is 0 Å². The van der Waals surface area contributed by atoms with Crippen molar-refractivity contribution in [2.75, 3.05) is 0 Å². The molecule has 6 unspecified atom stereocenters. The maximum Gasteiger partial charge on any atom is 0.120 e. The van der Waals surface area contributed by atoms with E-state index in [4.69, 9.17) is 0 Å². The fourth-order valence-corrected chi connectivity index (χ4v) is 7.82. The van der Waals surface area contributed by atoms with Crippen molar-refractivity contribution < 1.29 is 9.59 Å². The summed E-state index contributed by atoms with van der Waals surface area (Å²) in [5.41, 5.74) is 0. The standard InChI is InChI=1S/C16H20O2/c17-3-1-7-9-5-11-8(2-4-18)12-6-10(7)14-13(9)15(11)16(12)14/h3-4,7-16H,1-2,5-6H2/t7?,8?,9-,10-,11-,12+,13?,14?,15?,16?/m1/s1. The van der Waals surface area contributed by atoms with E-state index in [1.165, 1.54) is 25.4 Å². The molecule has 18 heavy (non-hydrogen) atoms. The van der Waals surface area contributed by atoms with Gasteiger partial charge in [0.25, 0.3) is 0 Å². The van der Waals surface area contributed by atoms with Crippen molar-refractivity contribution in [2.45, 2.75) is 25.7 Å². The molecule has 0 saturated heterocycles.